The van der Waals surface area contributed by atoms with Gasteiger partial charge in [-0.25, -0.2) is 0 Å². The van der Waals surface area contributed by atoms with Crippen LogP contribution in [0.4, 0.5) is 17.1 Å². The van der Waals surface area contributed by atoms with Gasteiger partial charge in [0, 0.05) is 29.7 Å². The Bertz CT molecular complexity index is 1020. The van der Waals surface area contributed by atoms with Crippen LogP contribution in [0.5, 0.6) is 5.75 Å². The number of rotatable bonds is 9. The molecule has 6 heteroatoms. The van der Waals surface area contributed by atoms with Gasteiger partial charge in [0.15, 0.2) is 0 Å². The second-order valence-electron chi connectivity index (χ2n) is 6.80. The Labute approximate surface area is 182 Å². The van der Waals surface area contributed by atoms with Crippen molar-refractivity contribution in [3.05, 3.63) is 97.1 Å². The van der Waals surface area contributed by atoms with Crippen LogP contribution >= 0.6 is 0 Å². The van der Waals surface area contributed by atoms with Crippen LogP contribution in [-0.4, -0.2) is 32.0 Å². The van der Waals surface area contributed by atoms with Crippen molar-refractivity contribution in [1.29, 1.82) is 0 Å². The van der Waals surface area contributed by atoms with Gasteiger partial charge in [0.25, 0.3) is 5.91 Å². The van der Waals surface area contributed by atoms with Crippen LogP contribution in [0.25, 0.3) is 0 Å². The van der Waals surface area contributed by atoms with Crippen LogP contribution in [0.2, 0.25) is 0 Å². The zero-order chi connectivity index (χ0) is 22.1. The Hall–Kier alpha value is -4.06. The molecule has 0 saturated carbocycles. The summed E-state index contributed by atoms with van der Waals surface area (Å²) in [6.07, 6.45) is 1.68. The van der Waals surface area contributed by atoms with Crippen molar-refractivity contribution in [2.24, 2.45) is 0 Å². The van der Waals surface area contributed by atoms with Crippen molar-refractivity contribution >= 4 is 28.9 Å². The molecule has 6 nitrogen and oxygen atoms in total. The lowest BCUT2D eigenvalue weighted by Gasteiger charge is -2.17. The number of nitrogens with zero attached hydrogens (tertiary/aromatic N) is 1. The molecule has 2 N–H and O–H groups in total. The topological polar surface area (TPSA) is 70.7 Å². The van der Waals surface area contributed by atoms with Gasteiger partial charge in [-0.2, -0.15) is 0 Å². The molecule has 0 aliphatic heterocycles. The predicted molar refractivity (Wildman–Crippen MR) is 125 cm³/mol. The standard InChI is InChI=1S/C25H25N3O3/c1-3-17-31-23-15-13-20(14-16-23)26-18-24(29)27-21-11-9-19(10-12-21)25(30)28(2)22-7-5-4-6-8-22/h3-16,26H,1,17-18H2,2H3,(H,27,29). The third-order valence-corrected chi connectivity index (χ3v) is 4.54. The summed E-state index contributed by atoms with van der Waals surface area (Å²) in [5, 5.41) is 5.88. The second kappa shape index (κ2) is 10.6. The van der Waals surface area contributed by atoms with E-state index < -0.39 is 0 Å². The monoisotopic (exact) mass is 415 g/mol. The van der Waals surface area contributed by atoms with E-state index >= 15 is 0 Å². The lowest BCUT2D eigenvalue weighted by atomic mass is 10.1. The number of benzene rings is 3. The van der Waals surface area contributed by atoms with Crippen LogP contribution in [0, 0.1) is 0 Å². The molecule has 0 unspecified atom stereocenters. The highest BCUT2D eigenvalue weighted by Crippen LogP contribution is 2.17. The van der Waals surface area contributed by atoms with E-state index in [4.69, 9.17) is 4.74 Å². The van der Waals surface area contributed by atoms with Crippen molar-refractivity contribution in [2.75, 3.05) is 35.7 Å². The molecule has 0 saturated heterocycles. The Kier molecular flexibility index (Phi) is 7.43. The van der Waals surface area contributed by atoms with Gasteiger partial charge in [0.2, 0.25) is 5.91 Å². The largest absolute Gasteiger partial charge is 0.490 e. The lowest BCUT2D eigenvalue weighted by molar-refractivity contribution is -0.114. The van der Waals surface area contributed by atoms with E-state index in [9.17, 15) is 9.59 Å². The van der Waals surface area contributed by atoms with Gasteiger partial charge in [-0.15, -0.1) is 0 Å². The number of hydrogen-bond acceptors (Lipinski definition) is 4. The molecule has 0 atom stereocenters. The average molecular weight is 415 g/mol. The molecule has 158 valence electrons. The normalized spacial score (nSPS) is 10.1. The van der Waals surface area contributed by atoms with Crippen molar-refractivity contribution in [3.63, 3.8) is 0 Å². The SMILES string of the molecule is C=CCOc1ccc(NCC(=O)Nc2ccc(C(=O)N(C)c3ccccc3)cc2)cc1. The van der Waals surface area contributed by atoms with Gasteiger partial charge in [0.1, 0.15) is 12.4 Å². The van der Waals surface area contributed by atoms with E-state index in [1.807, 2.05) is 54.6 Å². The van der Waals surface area contributed by atoms with Crippen molar-refractivity contribution in [3.8, 4) is 5.75 Å². The summed E-state index contributed by atoms with van der Waals surface area (Å²) in [5.74, 6) is 0.432. The number of amides is 2. The maximum atomic E-state index is 12.6. The summed E-state index contributed by atoms with van der Waals surface area (Å²) in [4.78, 5) is 26.4. The second-order valence-corrected chi connectivity index (χ2v) is 6.80. The van der Waals surface area contributed by atoms with E-state index in [0.717, 1.165) is 17.1 Å². The Morgan fingerprint density at radius 2 is 1.58 bits per heavy atom. The number of hydrogen-bond donors (Lipinski definition) is 2. The molecule has 0 radical (unpaired) electrons. The molecule has 0 fully saturated rings. The van der Waals surface area contributed by atoms with E-state index in [1.165, 1.54) is 0 Å². The molecule has 2 amide bonds. The smallest absolute Gasteiger partial charge is 0.258 e. The van der Waals surface area contributed by atoms with E-state index in [1.54, 1.807) is 42.3 Å². The van der Waals surface area contributed by atoms with E-state index in [0.29, 0.717) is 17.9 Å². The fraction of sp³-hybridized carbons (Fsp3) is 0.120. The number of ether oxygens (including phenoxy) is 1. The highest BCUT2D eigenvalue weighted by Gasteiger charge is 2.13. The summed E-state index contributed by atoms with van der Waals surface area (Å²) in [7, 11) is 1.73. The van der Waals surface area contributed by atoms with Crippen LogP contribution < -0.4 is 20.3 Å². The van der Waals surface area contributed by atoms with Crippen molar-refractivity contribution < 1.29 is 14.3 Å². The lowest BCUT2D eigenvalue weighted by Crippen LogP contribution is -2.26. The van der Waals surface area contributed by atoms with E-state index in [-0.39, 0.29) is 18.4 Å². The zero-order valence-corrected chi connectivity index (χ0v) is 17.4. The zero-order valence-electron chi connectivity index (χ0n) is 17.4. The summed E-state index contributed by atoms with van der Waals surface area (Å²) in [6, 6.07) is 23.6. The van der Waals surface area contributed by atoms with Crippen molar-refractivity contribution in [1.82, 2.24) is 0 Å². The minimum atomic E-state index is -0.188. The van der Waals surface area contributed by atoms with Gasteiger partial charge < -0.3 is 20.3 Å². The van der Waals surface area contributed by atoms with Gasteiger partial charge in [0.05, 0.1) is 6.54 Å². The first kappa shape index (κ1) is 21.6. The minimum absolute atomic E-state index is 0.115. The quantitative estimate of drug-likeness (QED) is 0.502. The molecular weight excluding hydrogens is 390 g/mol. The molecule has 3 rings (SSSR count). The number of para-hydroxylation sites is 1. The third kappa shape index (κ3) is 6.21. The Balaban J connectivity index is 1.50. The molecule has 0 aromatic heterocycles. The maximum Gasteiger partial charge on any atom is 0.258 e. The molecule has 0 heterocycles. The van der Waals surface area contributed by atoms with Gasteiger partial charge in [-0.1, -0.05) is 30.9 Å². The highest BCUT2D eigenvalue weighted by molar-refractivity contribution is 6.06. The van der Waals surface area contributed by atoms with Gasteiger partial charge in [-0.3, -0.25) is 9.59 Å². The first-order chi connectivity index (χ1) is 15.1. The Morgan fingerprint density at radius 1 is 0.935 bits per heavy atom. The van der Waals surface area contributed by atoms with E-state index in [2.05, 4.69) is 17.2 Å². The predicted octanol–water partition coefficient (Wildman–Crippen LogP) is 4.58. The van der Waals surface area contributed by atoms with Crippen LogP contribution in [-0.2, 0) is 4.79 Å². The van der Waals surface area contributed by atoms with Crippen molar-refractivity contribution in [2.45, 2.75) is 0 Å². The number of nitrogens with one attached hydrogen (secondary N) is 2. The molecule has 31 heavy (non-hydrogen) atoms. The molecule has 0 aliphatic rings. The Morgan fingerprint density at radius 3 is 2.23 bits per heavy atom. The highest BCUT2D eigenvalue weighted by atomic mass is 16.5. The average Bonchev–Trinajstić information content (AvgIpc) is 2.82. The molecule has 3 aromatic carbocycles. The summed E-state index contributed by atoms with van der Waals surface area (Å²) >= 11 is 0. The fourth-order valence-electron chi connectivity index (χ4n) is 2.87. The number of anilines is 3. The van der Waals surface area contributed by atoms with Gasteiger partial charge >= 0.3 is 0 Å². The summed E-state index contributed by atoms with van der Waals surface area (Å²) in [6.45, 7) is 4.17. The third-order valence-electron chi connectivity index (χ3n) is 4.54. The summed E-state index contributed by atoms with van der Waals surface area (Å²) < 4.78 is 5.43. The van der Waals surface area contributed by atoms with Crippen LogP contribution in [0.1, 0.15) is 10.4 Å². The number of carbonyl (C=O) groups excluding carboxylic acids is 2. The molecule has 0 spiro atoms. The molecule has 3 aromatic rings. The first-order valence-electron chi connectivity index (χ1n) is 9.87. The molecule has 0 aliphatic carbocycles. The summed E-state index contributed by atoms with van der Waals surface area (Å²) in [5.41, 5.74) is 2.79. The van der Waals surface area contributed by atoms with Gasteiger partial charge in [-0.05, 0) is 60.7 Å². The first-order valence-corrected chi connectivity index (χ1v) is 9.87. The molecular formula is C25H25N3O3. The minimum Gasteiger partial charge on any atom is -0.490 e. The molecule has 0 bridgehead atoms. The number of carbonyl (C=O) groups is 2. The van der Waals surface area contributed by atoms with Crippen LogP contribution in [0.15, 0.2) is 91.5 Å². The maximum absolute atomic E-state index is 12.6. The fourth-order valence-corrected chi connectivity index (χ4v) is 2.87. The van der Waals surface area contributed by atoms with Crippen LogP contribution in [0.3, 0.4) is 0 Å².